The van der Waals surface area contributed by atoms with Gasteiger partial charge in [-0.05, 0) is 22.9 Å². The normalized spacial score (nSPS) is 15.2. The van der Waals surface area contributed by atoms with Crippen molar-refractivity contribution >= 4 is 31.9 Å². The minimum absolute atomic E-state index is 0.495. The lowest BCUT2D eigenvalue weighted by atomic mass is 10.3. The fourth-order valence-electron chi connectivity index (χ4n) is 0.424. The molecule has 0 heterocycles. The van der Waals surface area contributed by atoms with Gasteiger partial charge in [0.2, 0.25) is 0 Å². The van der Waals surface area contributed by atoms with Crippen LogP contribution in [-0.2, 0) is 0 Å². The number of hydrogen-bond donors (Lipinski definition) is 2. The molecule has 11 heavy (non-hydrogen) atoms. The summed E-state index contributed by atoms with van der Waals surface area (Å²) in [5, 5.41) is 0. The highest BCUT2D eigenvalue weighted by molar-refractivity contribution is 9.12. The molecule has 0 radical (unpaired) electrons. The Hall–Kier alpha value is -0.220. The molecule has 62 valence electrons. The van der Waals surface area contributed by atoms with Gasteiger partial charge in [-0.2, -0.15) is 0 Å². The predicted octanol–water partition coefficient (Wildman–Crippen LogP) is 2.32. The molecule has 0 aliphatic carbocycles. The summed E-state index contributed by atoms with van der Waals surface area (Å²) in [6, 6.07) is 0. The van der Waals surface area contributed by atoms with Gasteiger partial charge in [-0.3, -0.25) is 0 Å². The molecular formula is C7H10Br2N2. The average molecular weight is 282 g/mol. The zero-order valence-electron chi connectivity index (χ0n) is 6.20. The van der Waals surface area contributed by atoms with Crippen LogP contribution < -0.4 is 11.5 Å². The summed E-state index contributed by atoms with van der Waals surface area (Å²) in [5.41, 5.74) is 12.2. The number of allylic oxidation sites excluding steroid dienone is 3. The van der Waals surface area contributed by atoms with Crippen molar-refractivity contribution in [3.63, 3.8) is 0 Å². The third-order valence-electron chi connectivity index (χ3n) is 1.10. The van der Waals surface area contributed by atoms with Crippen molar-refractivity contribution in [2.24, 2.45) is 11.5 Å². The molecule has 0 aliphatic heterocycles. The van der Waals surface area contributed by atoms with E-state index in [9.17, 15) is 0 Å². The minimum Gasteiger partial charge on any atom is -0.396 e. The van der Waals surface area contributed by atoms with Crippen LogP contribution in [0.3, 0.4) is 0 Å². The van der Waals surface area contributed by atoms with Crippen molar-refractivity contribution in [1.82, 2.24) is 0 Å². The fraction of sp³-hybridized carbons (Fsp3) is 0.143. The summed E-state index contributed by atoms with van der Waals surface area (Å²) in [7, 11) is 0. The standard InChI is InChI=1S/C7H10Br2N2/c1-3-5(9)7(11)6(10)4(2)8/h3H,1,10-11H2,2H3/b6-4-,7-5-. The van der Waals surface area contributed by atoms with Crippen LogP contribution in [0, 0.1) is 0 Å². The summed E-state index contributed by atoms with van der Waals surface area (Å²) in [4.78, 5) is 0. The first-order valence-corrected chi connectivity index (χ1v) is 4.49. The summed E-state index contributed by atoms with van der Waals surface area (Å²) in [6.07, 6.45) is 1.60. The highest BCUT2D eigenvalue weighted by Gasteiger charge is 2.01. The molecular weight excluding hydrogens is 272 g/mol. The molecule has 4 heteroatoms. The molecule has 0 saturated heterocycles. The van der Waals surface area contributed by atoms with E-state index < -0.39 is 0 Å². The molecule has 0 aromatic carbocycles. The van der Waals surface area contributed by atoms with E-state index >= 15 is 0 Å². The first-order chi connectivity index (χ1) is 5.00. The lowest BCUT2D eigenvalue weighted by Crippen LogP contribution is -2.11. The van der Waals surface area contributed by atoms with Gasteiger partial charge < -0.3 is 11.5 Å². The van der Waals surface area contributed by atoms with Crippen molar-refractivity contribution in [3.8, 4) is 0 Å². The van der Waals surface area contributed by atoms with E-state index in [1.807, 2.05) is 6.92 Å². The minimum atomic E-state index is 0.495. The summed E-state index contributed by atoms with van der Waals surface area (Å²) < 4.78 is 1.52. The zero-order chi connectivity index (χ0) is 9.02. The maximum absolute atomic E-state index is 5.62. The lowest BCUT2D eigenvalue weighted by Gasteiger charge is -2.03. The third-order valence-corrected chi connectivity index (χ3v) is 2.28. The molecule has 0 amide bonds. The van der Waals surface area contributed by atoms with Crippen LogP contribution in [0.4, 0.5) is 0 Å². The molecule has 2 nitrogen and oxygen atoms in total. The molecule has 0 aromatic heterocycles. The molecule has 0 saturated carbocycles. The maximum atomic E-state index is 5.62. The van der Waals surface area contributed by atoms with E-state index in [0.29, 0.717) is 15.9 Å². The van der Waals surface area contributed by atoms with E-state index in [0.717, 1.165) is 4.48 Å². The smallest absolute Gasteiger partial charge is 0.0700 e. The lowest BCUT2D eigenvalue weighted by molar-refractivity contribution is 1.22. The molecule has 0 atom stereocenters. The molecule has 0 aliphatic rings. The van der Waals surface area contributed by atoms with Gasteiger partial charge in [0.15, 0.2) is 0 Å². The largest absolute Gasteiger partial charge is 0.396 e. The van der Waals surface area contributed by atoms with E-state index in [2.05, 4.69) is 38.4 Å². The number of rotatable bonds is 2. The van der Waals surface area contributed by atoms with Crippen molar-refractivity contribution in [2.75, 3.05) is 0 Å². The Balaban J connectivity index is 4.90. The number of nitrogens with two attached hydrogens (primary N) is 2. The van der Waals surface area contributed by atoms with Crippen LogP contribution in [0.5, 0.6) is 0 Å². The van der Waals surface area contributed by atoms with Gasteiger partial charge in [-0.1, -0.05) is 28.6 Å². The monoisotopic (exact) mass is 280 g/mol. The SMILES string of the molecule is C=C/C(Br)=C(N)\C(N)=C(/C)Br. The number of halogens is 2. The average Bonchev–Trinajstić information content (AvgIpc) is 2.00. The first kappa shape index (κ1) is 10.8. The van der Waals surface area contributed by atoms with Crippen LogP contribution in [0.1, 0.15) is 6.92 Å². The highest BCUT2D eigenvalue weighted by atomic mass is 79.9. The molecule has 0 rings (SSSR count). The van der Waals surface area contributed by atoms with Gasteiger partial charge in [-0.25, -0.2) is 0 Å². The van der Waals surface area contributed by atoms with Crippen molar-refractivity contribution in [3.05, 3.63) is 33.0 Å². The molecule has 0 unspecified atom stereocenters. The predicted molar refractivity (Wildman–Crippen MR) is 56.2 cm³/mol. The van der Waals surface area contributed by atoms with Crippen LogP contribution >= 0.6 is 31.9 Å². The van der Waals surface area contributed by atoms with Gasteiger partial charge in [-0.15, -0.1) is 0 Å². The Morgan fingerprint density at radius 3 is 2.00 bits per heavy atom. The van der Waals surface area contributed by atoms with Crippen LogP contribution in [0.25, 0.3) is 0 Å². The van der Waals surface area contributed by atoms with Crippen LogP contribution in [0.15, 0.2) is 33.0 Å². The Kier molecular flexibility index (Phi) is 4.52. The van der Waals surface area contributed by atoms with Gasteiger partial charge in [0.1, 0.15) is 0 Å². The molecule has 4 N–H and O–H groups in total. The Labute approximate surface area is 83.3 Å². The molecule has 0 aromatic rings. The third kappa shape index (κ3) is 3.12. The summed E-state index contributed by atoms with van der Waals surface area (Å²) >= 11 is 6.44. The van der Waals surface area contributed by atoms with E-state index in [1.54, 1.807) is 6.08 Å². The Bertz CT molecular complexity index is 225. The van der Waals surface area contributed by atoms with E-state index in [4.69, 9.17) is 11.5 Å². The Morgan fingerprint density at radius 1 is 1.27 bits per heavy atom. The highest BCUT2D eigenvalue weighted by Crippen LogP contribution is 2.17. The maximum Gasteiger partial charge on any atom is 0.0700 e. The second-order valence-electron chi connectivity index (χ2n) is 1.91. The van der Waals surface area contributed by atoms with Crippen LogP contribution in [0.2, 0.25) is 0 Å². The van der Waals surface area contributed by atoms with Gasteiger partial charge in [0.25, 0.3) is 0 Å². The van der Waals surface area contributed by atoms with Crippen molar-refractivity contribution in [1.29, 1.82) is 0 Å². The second-order valence-corrected chi connectivity index (χ2v) is 3.96. The first-order valence-electron chi connectivity index (χ1n) is 2.90. The van der Waals surface area contributed by atoms with Crippen LogP contribution in [-0.4, -0.2) is 0 Å². The van der Waals surface area contributed by atoms with Gasteiger partial charge >= 0.3 is 0 Å². The zero-order valence-corrected chi connectivity index (χ0v) is 9.37. The second kappa shape index (κ2) is 4.62. The Morgan fingerprint density at radius 2 is 1.73 bits per heavy atom. The number of hydrogen-bond acceptors (Lipinski definition) is 2. The summed E-state index contributed by atoms with van der Waals surface area (Å²) in [6.45, 7) is 5.37. The van der Waals surface area contributed by atoms with Gasteiger partial charge in [0, 0.05) is 8.96 Å². The quantitative estimate of drug-likeness (QED) is 0.764. The topological polar surface area (TPSA) is 52.0 Å². The molecule has 0 bridgehead atoms. The van der Waals surface area contributed by atoms with Gasteiger partial charge in [0.05, 0.1) is 11.4 Å². The van der Waals surface area contributed by atoms with Crippen molar-refractivity contribution in [2.45, 2.75) is 6.92 Å². The summed E-state index contributed by atoms with van der Waals surface area (Å²) in [5.74, 6) is 0. The van der Waals surface area contributed by atoms with E-state index in [1.165, 1.54) is 0 Å². The fourth-order valence-corrected chi connectivity index (χ4v) is 0.851. The van der Waals surface area contributed by atoms with E-state index in [-0.39, 0.29) is 0 Å². The molecule has 0 spiro atoms. The molecule has 0 fully saturated rings. The van der Waals surface area contributed by atoms with Crippen molar-refractivity contribution < 1.29 is 0 Å².